The molecule has 0 aliphatic carbocycles. The largest absolute Gasteiger partial charge is 0.436 e. The number of para-hydroxylation sites is 2. The van der Waals surface area contributed by atoms with Crippen molar-refractivity contribution in [2.75, 3.05) is 0 Å². The summed E-state index contributed by atoms with van der Waals surface area (Å²) >= 11 is 0. The van der Waals surface area contributed by atoms with Gasteiger partial charge in [0.25, 0.3) is 0 Å². The Bertz CT molecular complexity index is 1100. The van der Waals surface area contributed by atoms with Gasteiger partial charge in [0, 0.05) is 12.1 Å². The van der Waals surface area contributed by atoms with Gasteiger partial charge in [0.15, 0.2) is 5.58 Å². The lowest BCUT2D eigenvalue weighted by atomic mass is 10.2. The first kappa shape index (κ1) is 16.5. The van der Waals surface area contributed by atoms with Gasteiger partial charge in [-0.05, 0) is 42.0 Å². The topological polar surface area (TPSA) is 72.2 Å². The standard InChI is InChI=1S/C20H16N2O3S/c23-26(24,21-14-15-6-2-1-3-7-15)17-12-10-16(11-13-17)20-22-18-8-4-5-9-19(18)25-20/h1-13,21H,14H2. The van der Waals surface area contributed by atoms with Gasteiger partial charge in [0.05, 0.1) is 4.90 Å². The second-order valence-corrected chi connectivity index (χ2v) is 7.59. The third-order valence-corrected chi connectivity index (χ3v) is 5.43. The molecule has 0 unspecified atom stereocenters. The Labute approximate surface area is 151 Å². The normalized spacial score (nSPS) is 11.7. The summed E-state index contributed by atoms with van der Waals surface area (Å²) in [5.41, 5.74) is 3.09. The van der Waals surface area contributed by atoms with Gasteiger partial charge in [-0.15, -0.1) is 0 Å². The average Bonchev–Trinajstić information content (AvgIpc) is 3.12. The number of aromatic nitrogens is 1. The molecule has 0 amide bonds. The van der Waals surface area contributed by atoms with Crippen molar-refractivity contribution in [2.45, 2.75) is 11.4 Å². The number of hydrogen-bond acceptors (Lipinski definition) is 4. The Balaban J connectivity index is 1.54. The van der Waals surface area contributed by atoms with Crippen molar-refractivity contribution in [3.63, 3.8) is 0 Å². The molecule has 130 valence electrons. The molecule has 3 aromatic carbocycles. The molecule has 0 bridgehead atoms. The van der Waals surface area contributed by atoms with Gasteiger partial charge in [0.2, 0.25) is 15.9 Å². The van der Waals surface area contributed by atoms with Crippen molar-refractivity contribution in [3.05, 3.63) is 84.4 Å². The van der Waals surface area contributed by atoms with E-state index in [2.05, 4.69) is 9.71 Å². The summed E-state index contributed by atoms with van der Waals surface area (Å²) in [7, 11) is -3.58. The molecule has 0 fully saturated rings. The van der Waals surface area contributed by atoms with E-state index in [0.717, 1.165) is 16.6 Å². The van der Waals surface area contributed by atoms with Crippen LogP contribution in [-0.4, -0.2) is 13.4 Å². The second-order valence-electron chi connectivity index (χ2n) is 5.82. The lowest BCUT2D eigenvalue weighted by Crippen LogP contribution is -2.23. The van der Waals surface area contributed by atoms with Gasteiger partial charge in [-0.3, -0.25) is 0 Å². The zero-order valence-electron chi connectivity index (χ0n) is 13.8. The Hall–Kier alpha value is -2.96. The van der Waals surface area contributed by atoms with E-state index < -0.39 is 10.0 Å². The van der Waals surface area contributed by atoms with Crippen LogP contribution in [0.3, 0.4) is 0 Å². The number of nitrogens with zero attached hydrogens (tertiary/aromatic N) is 1. The average molecular weight is 364 g/mol. The Morgan fingerprint density at radius 1 is 0.846 bits per heavy atom. The van der Waals surface area contributed by atoms with Gasteiger partial charge in [-0.2, -0.15) is 0 Å². The van der Waals surface area contributed by atoms with Gasteiger partial charge in [0.1, 0.15) is 5.52 Å². The summed E-state index contributed by atoms with van der Waals surface area (Å²) in [4.78, 5) is 4.62. The van der Waals surface area contributed by atoms with Crippen LogP contribution in [0.2, 0.25) is 0 Å². The number of rotatable bonds is 5. The van der Waals surface area contributed by atoms with E-state index in [-0.39, 0.29) is 11.4 Å². The summed E-state index contributed by atoms with van der Waals surface area (Å²) < 4.78 is 33.2. The SMILES string of the molecule is O=S(=O)(NCc1ccccc1)c1ccc(-c2nc3ccccc3o2)cc1. The van der Waals surface area contributed by atoms with Gasteiger partial charge in [-0.25, -0.2) is 18.1 Å². The second kappa shape index (κ2) is 6.74. The summed E-state index contributed by atoms with van der Waals surface area (Å²) in [5.74, 6) is 0.465. The van der Waals surface area contributed by atoms with E-state index in [1.54, 1.807) is 24.3 Å². The van der Waals surface area contributed by atoms with Gasteiger partial charge < -0.3 is 4.42 Å². The molecule has 0 saturated heterocycles. The molecule has 0 aliphatic rings. The highest BCUT2D eigenvalue weighted by Gasteiger charge is 2.15. The molecular formula is C20H16N2O3S. The lowest BCUT2D eigenvalue weighted by molar-refractivity contribution is 0.581. The first-order valence-electron chi connectivity index (χ1n) is 8.11. The summed E-state index contributed by atoms with van der Waals surface area (Å²) in [5, 5.41) is 0. The molecule has 0 radical (unpaired) electrons. The highest BCUT2D eigenvalue weighted by atomic mass is 32.2. The maximum Gasteiger partial charge on any atom is 0.240 e. The summed E-state index contributed by atoms with van der Waals surface area (Å²) in [6.07, 6.45) is 0. The third kappa shape index (κ3) is 3.37. The van der Waals surface area contributed by atoms with Crippen LogP contribution in [0.25, 0.3) is 22.6 Å². The van der Waals surface area contributed by atoms with Gasteiger partial charge in [-0.1, -0.05) is 42.5 Å². The molecule has 4 rings (SSSR count). The minimum Gasteiger partial charge on any atom is -0.436 e. The number of benzene rings is 3. The van der Waals surface area contributed by atoms with E-state index in [0.29, 0.717) is 11.5 Å². The zero-order valence-corrected chi connectivity index (χ0v) is 14.6. The van der Waals surface area contributed by atoms with Crippen molar-refractivity contribution in [1.29, 1.82) is 0 Å². The molecule has 0 saturated carbocycles. The summed E-state index contributed by atoms with van der Waals surface area (Å²) in [6.45, 7) is 0.246. The van der Waals surface area contributed by atoms with Crippen molar-refractivity contribution in [2.24, 2.45) is 0 Å². The van der Waals surface area contributed by atoms with Crippen LogP contribution in [-0.2, 0) is 16.6 Å². The fourth-order valence-electron chi connectivity index (χ4n) is 2.63. The predicted octanol–water partition coefficient (Wildman–Crippen LogP) is 3.97. The Kier molecular flexibility index (Phi) is 4.28. The van der Waals surface area contributed by atoms with E-state index >= 15 is 0 Å². The molecular weight excluding hydrogens is 348 g/mol. The molecule has 5 nitrogen and oxygen atoms in total. The van der Waals surface area contributed by atoms with E-state index in [4.69, 9.17) is 4.42 Å². The van der Waals surface area contributed by atoms with E-state index in [1.807, 2.05) is 54.6 Å². The van der Waals surface area contributed by atoms with Crippen LogP contribution in [0.5, 0.6) is 0 Å². The molecule has 0 atom stereocenters. The Morgan fingerprint density at radius 2 is 1.54 bits per heavy atom. The number of nitrogens with one attached hydrogen (secondary N) is 1. The highest BCUT2D eigenvalue weighted by molar-refractivity contribution is 7.89. The highest BCUT2D eigenvalue weighted by Crippen LogP contribution is 2.25. The van der Waals surface area contributed by atoms with Crippen LogP contribution in [0.15, 0.2) is 88.2 Å². The van der Waals surface area contributed by atoms with Crippen molar-refractivity contribution in [1.82, 2.24) is 9.71 Å². The molecule has 0 aliphatic heterocycles. The van der Waals surface area contributed by atoms with E-state index in [9.17, 15) is 8.42 Å². The lowest BCUT2D eigenvalue weighted by Gasteiger charge is -2.07. The number of fused-ring (bicyclic) bond motifs is 1. The van der Waals surface area contributed by atoms with E-state index in [1.165, 1.54) is 0 Å². The fourth-order valence-corrected chi connectivity index (χ4v) is 3.65. The number of oxazole rings is 1. The molecule has 0 spiro atoms. The monoisotopic (exact) mass is 364 g/mol. The first-order valence-corrected chi connectivity index (χ1v) is 9.60. The first-order chi connectivity index (χ1) is 12.6. The smallest absolute Gasteiger partial charge is 0.240 e. The minimum atomic E-state index is -3.58. The zero-order chi connectivity index (χ0) is 18.0. The fraction of sp³-hybridized carbons (Fsp3) is 0.0500. The van der Waals surface area contributed by atoms with Crippen LogP contribution >= 0.6 is 0 Å². The number of sulfonamides is 1. The van der Waals surface area contributed by atoms with Crippen LogP contribution in [0, 0.1) is 0 Å². The predicted molar refractivity (Wildman–Crippen MR) is 99.9 cm³/mol. The third-order valence-electron chi connectivity index (χ3n) is 4.01. The maximum absolute atomic E-state index is 12.4. The molecule has 6 heteroatoms. The molecule has 1 aromatic heterocycles. The van der Waals surface area contributed by atoms with Crippen LogP contribution in [0.4, 0.5) is 0 Å². The quantitative estimate of drug-likeness (QED) is 0.581. The van der Waals surface area contributed by atoms with Crippen molar-refractivity contribution < 1.29 is 12.8 Å². The summed E-state index contributed by atoms with van der Waals surface area (Å²) in [6, 6.07) is 23.4. The minimum absolute atomic E-state index is 0.202. The van der Waals surface area contributed by atoms with Gasteiger partial charge >= 0.3 is 0 Å². The van der Waals surface area contributed by atoms with Crippen LogP contribution in [0.1, 0.15) is 5.56 Å². The van der Waals surface area contributed by atoms with Crippen LogP contribution < -0.4 is 4.72 Å². The maximum atomic E-state index is 12.4. The Morgan fingerprint density at radius 3 is 2.27 bits per heavy atom. The number of hydrogen-bond donors (Lipinski definition) is 1. The molecule has 1 heterocycles. The van der Waals surface area contributed by atoms with Crippen molar-refractivity contribution >= 4 is 21.1 Å². The van der Waals surface area contributed by atoms with Crippen molar-refractivity contribution in [3.8, 4) is 11.5 Å². The molecule has 26 heavy (non-hydrogen) atoms. The molecule has 4 aromatic rings. The molecule has 1 N–H and O–H groups in total.